The number of carboxylic acids is 1. The van der Waals surface area contributed by atoms with E-state index in [9.17, 15) is 9.18 Å². The number of benzene rings is 2. The first kappa shape index (κ1) is 14.0. The van der Waals surface area contributed by atoms with Crippen LogP contribution in [0.1, 0.15) is 15.9 Å². The van der Waals surface area contributed by atoms with Gasteiger partial charge < -0.3 is 9.67 Å². The Morgan fingerprint density at radius 3 is 2.64 bits per heavy atom. The highest BCUT2D eigenvalue weighted by Crippen LogP contribution is 2.23. The van der Waals surface area contributed by atoms with E-state index in [0.717, 1.165) is 11.3 Å². The third kappa shape index (κ3) is 2.48. The zero-order valence-electron chi connectivity index (χ0n) is 11.8. The lowest BCUT2D eigenvalue weighted by atomic mass is 10.1. The molecule has 0 saturated carbocycles. The quantitative estimate of drug-likeness (QED) is 0.802. The number of aromatic carboxylic acids is 1. The molecule has 3 rings (SSSR count). The molecule has 1 N–H and O–H groups in total. The van der Waals surface area contributed by atoms with Crippen molar-refractivity contribution in [3.63, 3.8) is 0 Å². The standard InChI is InChI=1S/C17H13FN2O2/c1-11-7-14(18)13(17(21)22)8-16(11)20-9-15(19-10-20)12-5-3-2-4-6-12/h2-10H,1H3,(H,21,22). The highest BCUT2D eigenvalue weighted by molar-refractivity contribution is 5.89. The molecule has 0 unspecified atom stereocenters. The maximum Gasteiger partial charge on any atom is 0.338 e. The van der Waals surface area contributed by atoms with E-state index in [2.05, 4.69) is 4.98 Å². The number of carboxylic acid groups (broad SMARTS) is 1. The molecule has 0 bridgehead atoms. The summed E-state index contributed by atoms with van der Waals surface area (Å²) in [5.41, 5.74) is 2.60. The predicted octanol–water partition coefficient (Wildman–Crippen LogP) is 3.69. The minimum Gasteiger partial charge on any atom is -0.478 e. The third-order valence-electron chi connectivity index (χ3n) is 3.45. The fourth-order valence-electron chi connectivity index (χ4n) is 2.32. The summed E-state index contributed by atoms with van der Waals surface area (Å²) in [6.45, 7) is 1.73. The number of hydrogen-bond acceptors (Lipinski definition) is 2. The van der Waals surface area contributed by atoms with Gasteiger partial charge in [0.2, 0.25) is 0 Å². The lowest BCUT2D eigenvalue weighted by Gasteiger charge is -2.08. The number of aryl methyl sites for hydroxylation is 1. The van der Waals surface area contributed by atoms with Gasteiger partial charge in [-0.1, -0.05) is 30.3 Å². The maximum atomic E-state index is 13.7. The first-order valence-electron chi connectivity index (χ1n) is 6.69. The van der Waals surface area contributed by atoms with Crippen LogP contribution in [-0.4, -0.2) is 20.6 Å². The number of carbonyl (C=O) groups is 1. The Morgan fingerprint density at radius 1 is 1.23 bits per heavy atom. The number of hydrogen-bond donors (Lipinski definition) is 1. The first-order chi connectivity index (χ1) is 10.6. The van der Waals surface area contributed by atoms with Crippen LogP contribution >= 0.6 is 0 Å². The summed E-state index contributed by atoms with van der Waals surface area (Å²) in [5, 5.41) is 9.05. The van der Waals surface area contributed by atoms with Crippen molar-refractivity contribution in [2.75, 3.05) is 0 Å². The van der Waals surface area contributed by atoms with Crippen molar-refractivity contribution < 1.29 is 14.3 Å². The zero-order valence-corrected chi connectivity index (χ0v) is 11.8. The number of halogens is 1. The van der Waals surface area contributed by atoms with Gasteiger partial charge in [-0.2, -0.15) is 0 Å². The van der Waals surface area contributed by atoms with Gasteiger partial charge in [-0.15, -0.1) is 0 Å². The molecule has 0 radical (unpaired) electrons. The lowest BCUT2D eigenvalue weighted by Crippen LogP contribution is -2.04. The van der Waals surface area contributed by atoms with Crippen LogP contribution in [0, 0.1) is 12.7 Å². The van der Waals surface area contributed by atoms with Crippen molar-refractivity contribution >= 4 is 5.97 Å². The number of imidazole rings is 1. The van der Waals surface area contributed by atoms with Gasteiger partial charge >= 0.3 is 5.97 Å². The fourth-order valence-corrected chi connectivity index (χ4v) is 2.32. The molecule has 22 heavy (non-hydrogen) atoms. The van der Waals surface area contributed by atoms with Gasteiger partial charge in [0, 0.05) is 11.8 Å². The molecule has 3 aromatic rings. The fraction of sp³-hybridized carbons (Fsp3) is 0.0588. The smallest absolute Gasteiger partial charge is 0.338 e. The van der Waals surface area contributed by atoms with Crippen molar-refractivity contribution in [1.82, 2.24) is 9.55 Å². The van der Waals surface area contributed by atoms with E-state index in [1.54, 1.807) is 24.0 Å². The van der Waals surface area contributed by atoms with E-state index in [4.69, 9.17) is 5.11 Å². The van der Waals surface area contributed by atoms with E-state index in [0.29, 0.717) is 11.3 Å². The normalized spacial score (nSPS) is 10.6. The average Bonchev–Trinajstić information content (AvgIpc) is 2.97. The summed E-state index contributed by atoms with van der Waals surface area (Å²) in [5.74, 6) is -2.03. The number of rotatable bonds is 3. The minimum atomic E-state index is -1.29. The van der Waals surface area contributed by atoms with Crippen LogP contribution in [0.25, 0.3) is 16.9 Å². The summed E-state index contributed by atoms with van der Waals surface area (Å²) >= 11 is 0. The van der Waals surface area contributed by atoms with E-state index >= 15 is 0 Å². The van der Waals surface area contributed by atoms with Crippen LogP contribution in [0.2, 0.25) is 0 Å². The molecule has 0 amide bonds. The molecule has 4 nitrogen and oxygen atoms in total. The van der Waals surface area contributed by atoms with Gasteiger partial charge in [0.15, 0.2) is 0 Å². The van der Waals surface area contributed by atoms with E-state index in [-0.39, 0.29) is 5.56 Å². The Balaban J connectivity index is 2.07. The Labute approximate surface area is 126 Å². The van der Waals surface area contributed by atoms with Gasteiger partial charge in [0.1, 0.15) is 5.82 Å². The highest BCUT2D eigenvalue weighted by Gasteiger charge is 2.14. The van der Waals surface area contributed by atoms with Crippen molar-refractivity contribution in [3.05, 3.63) is 71.9 Å². The van der Waals surface area contributed by atoms with Crippen LogP contribution in [-0.2, 0) is 0 Å². The van der Waals surface area contributed by atoms with Crippen molar-refractivity contribution in [1.29, 1.82) is 0 Å². The Hall–Kier alpha value is -2.95. The molecule has 0 fully saturated rings. The van der Waals surface area contributed by atoms with Crippen LogP contribution in [0.3, 0.4) is 0 Å². The molecule has 0 aliphatic heterocycles. The largest absolute Gasteiger partial charge is 0.478 e. The van der Waals surface area contributed by atoms with Crippen LogP contribution in [0.5, 0.6) is 0 Å². The van der Waals surface area contributed by atoms with Crippen molar-refractivity contribution in [2.45, 2.75) is 6.92 Å². The van der Waals surface area contributed by atoms with Gasteiger partial charge in [-0.25, -0.2) is 14.2 Å². The Morgan fingerprint density at radius 2 is 1.95 bits per heavy atom. The zero-order chi connectivity index (χ0) is 15.7. The second kappa shape index (κ2) is 5.44. The average molecular weight is 296 g/mol. The minimum absolute atomic E-state index is 0.351. The van der Waals surface area contributed by atoms with Gasteiger partial charge in [-0.05, 0) is 24.6 Å². The third-order valence-corrected chi connectivity index (χ3v) is 3.45. The summed E-state index contributed by atoms with van der Waals surface area (Å²) in [4.78, 5) is 15.4. The van der Waals surface area contributed by atoms with Gasteiger partial charge in [-0.3, -0.25) is 0 Å². The van der Waals surface area contributed by atoms with E-state index < -0.39 is 11.8 Å². The Bertz CT molecular complexity index is 841. The summed E-state index contributed by atoms with van der Waals surface area (Å²) in [6.07, 6.45) is 3.38. The van der Waals surface area contributed by atoms with Crippen molar-refractivity contribution in [3.8, 4) is 16.9 Å². The highest BCUT2D eigenvalue weighted by atomic mass is 19.1. The molecule has 1 aromatic heterocycles. The molecule has 0 aliphatic rings. The lowest BCUT2D eigenvalue weighted by molar-refractivity contribution is 0.0692. The molecular formula is C17H13FN2O2. The second-order valence-electron chi connectivity index (χ2n) is 4.96. The molecular weight excluding hydrogens is 283 g/mol. The maximum absolute atomic E-state index is 13.7. The number of aromatic nitrogens is 2. The van der Waals surface area contributed by atoms with Gasteiger partial charge in [0.05, 0.1) is 23.3 Å². The molecule has 1 heterocycles. The summed E-state index contributed by atoms with van der Waals surface area (Å²) in [6, 6.07) is 12.2. The number of nitrogens with zero attached hydrogens (tertiary/aromatic N) is 2. The molecule has 0 atom stereocenters. The molecule has 110 valence electrons. The first-order valence-corrected chi connectivity index (χ1v) is 6.69. The predicted molar refractivity (Wildman–Crippen MR) is 80.7 cm³/mol. The topological polar surface area (TPSA) is 55.1 Å². The second-order valence-corrected chi connectivity index (χ2v) is 4.96. The van der Waals surface area contributed by atoms with Crippen molar-refractivity contribution in [2.24, 2.45) is 0 Å². The van der Waals surface area contributed by atoms with E-state index in [1.807, 2.05) is 30.3 Å². The van der Waals surface area contributed by atoms with Crippen LogP contribution in [0.4, 0.5) is 4.39 Å². The summed E-state index contributed by atoms with van der Waals surface area (Å²) < 4.78 is 15.4. The van der Waals surface area contributed by atoms with E-state index in [1.165, 1.54) is 12.1 Å². The van der Waals surface area contributed by atoms with Crippen LogP contribution in [0.15, 0.2) is 55.0 Å². The molecule has 0 saturated heterocycles. The molecule has 0 spiro atoms. The molecule has 5 heteroatoms. The molecule has 2 aromatic carbocycles. The monoisotopic (exact) mass is 296 g/mol. The van der Waals surface area contributed by atoms with Gasteiger partial charge in [0.25, 0.3) is 0 Å². The SMILES string of the molecule is Cc1cc(F)c(C(=O)O)cc1-n1cnc(-c2ccccc2)c1. The summed E-state index contributed by atoms with van der Waals surface area (Å²) in [7, 11) is 0. The molecule has 0 aliphatic carbocycles. The Kier molecular flexibility index (Phi) is 3.47. The van der Waals surface area contributed by atoms with Crippen LogP contribution < -0.4 is 0 Å².